The SMILES string of the molecule is CCC[Si](OC(C)C)(OC(C)C)OC(C)C.S.S.S.S.c1ccc2scnc2c1. The minimum Gasteiger partial charge on any atom is -0.371 e. The normalized spacial score (nSPS) is 10.4. The Morgan fingerprint density at radius 2 is 1.28 bits per heavy atom. The van der Waals surface area contributed by atoms with Crippen molar-refractivity contribution in [2.75, 3.05) is 0 Å². The van der Waals surface area contributed by atoms with Crippen LogP contribution in [0.15, 0.2) is 29.8 Å². The summed E-state index contributed by atoms with van der Waals surface area (Å²) >= 11 is 1.68. The van der Waals surface area contributed by atoms with Gasteiger partial charge in [0.15, 0.2) is 0 Å². The van der Waals surface area contributed by atoms with Crippen LogP contribution in [0.4, 0.5) is 0 Å². The monoisotopic (exact) mass is 519 g/mol. The predicted molar refractivity (Wildman–Crippen MR) is 151 cm³/mol. The van der Waals surface area contributed by atoms with Gasteiger partial charge in [0.25, 0.3) is 0 Å². The summed E-state index contributed by atoms with van der Waals surface area (Å²) in [5.41, 5.74) is 2.97. The van der Waals surface area contributed by atoms with Crippen LogP contribution in [0.3, 0.4) is 0 Å². The van der Waals surface area contributed by atoms with Gasteiger partial charge >= 0.3 is 8.80 Å². The molecule has 4 nitrogen and oxygen atoms in total. The number of aromatic nitrogens is 1. The first kappa shape index (κ1) is 37.0. The smallest absolute Gasteiger partial charge is 0.371 e. The highest BCUT2D eigenvalue weighted by atomic mass is 32.1. The number of rotatable bonds is 8. The van der Waals surface area contributed by atoms with E-state index in [1.165, 1.54) is 4.70 Å². The van der Waals surface area contributed by atoms with Crippen LogP contribution in [-0.2, 0) is 13.3 Å². The van der Waals surface area contributed by atoms with Crippen LogP contribution in [0.2, 0.25) is 6.04 Å². The lowest BCUT2D eigenvalue weighted by molar-refractivity contribution is 0.00314. The summed E-state index contributed by atoms with van der Waals surface area (Å²) < 4.78 is 19.2. The van der Waals surface area contributed by atoms with E-state index in [-0.39, 0.29) is 72.3 Å². The molecule has 0 N–H and O–H groups in total. The molecule has 0 aliphatic heterocycles. The predicted octanol–water partition coefficient (Wildman–Crippen LogP) is 6.36. The van der Waals surface area contributed by atoms with E-state index < -0.39 is 8.80 Å². The summed E-state index contributed by atoms with van der Waals surface area (Å²) in [6, 6.07) is 9.02. The van der Waals surface area contributed by atoms with E-state index in [1.54, 1.807) is 11.3 Å². The van der Waals surface area contributed by atoms with Gasteiger partial charge in [-0.1, -0.05) is 25.5 Å². The number of hydrogen-bond acceptors (Lipinski definition) is 5. The Bertz CT molecular complexity index is 558. The molecule has 2 aromatic rings. The van der Waals surface area contributed by atoms with Gasteiger partial charge in [-0.25, -0.2) is 4.98 Å². The standard InChI is InChI=1S/C12H28O3Si.C7H5NS.4H2S/c1-8-9-16(13-10(2)3,14-11(4)5)15-12(6)7;1-2-4-7-6(3-1)8-5-9-7;;;;/h10-12H,8-9H2,1-7H3;1-5H;4*1H2. The number of thiazole rings is 1. The number of fused-ring (bicyclic) bond motifs is 1. The minimum absolute atomic E-state index is 0. The summed E-state index contributed by atoms with van der Waals surface area (Å²) in [5, 5.41) is 0. The molecule has 0 atom stereocenters. The molecular formula is C19H41NO3S5Si. The molecule has 10 heteroatoms. The molecule has 0 bridgehead atoms. The maximum Gasteiger partial charge on any atom is 0.501 e. The van der Waals surface area contributed by atoms with E-state index in [2.05, 4.69) is 18.0 Å². The molecule has 0 aliphatic rings. The maximum atomic E-state index is 5.99. The van der Waals surface area contributed by atoms with E-state index in [4.69, 9.17) is 13.3 Å². The molecule has 1 aromatic carbocycles. The summed E-state index contributed by atoms with van der Waals surface area (Å²) in [5.74, 6) is 0. The molecule has 0 spiro atoms. The first-order valence-electron chi connectivity index (χ1n) is 9.09. The maximum absolute atomic E-state index is 5.99. The molecule has 0 saturated heterocycles. The van der Waals surface area contributed by atoms with Gasteiger partial charge in [-0.2, -0.15) is 54.0 Å². The molecule has 0 radical (unpaired) electrons. The van der Waals surface area contributed by atoms with Gasteiger partial charge in [0, 0.05) is 24.4 Å². The quantitative estimate of drug-likeness (QED) is 0.381. The lowest BCUT2D eigenvalue weighted by Gasteiger charge is -2.34. The Kier molecular flexibility index (Phi) is 24.6. The number of benzene rings is 1. The molecule has 1 aromatic heterocycles. The van der Waals surface area contributed by atoms with Crippen molar-refractivity contribution in [2.24, 2.45) is 0 Å². The Hall–Kier alpha value is 0.607. The Morgan fingerprint density at radius 3 is 1.66 bits per heavy atom. The fourth-order valence-electron chi connectivity index (χ4n) is 2.45. The molecule has 0 aliphatic carbocycles. The molecule has 2 rings (SSSR count). The van der Waals surface area contributed by atoms with Gasteiger partial charge in [-0.15, -0.1) is 11.3 Å². The van der Waals surface area contributed by atoms with Crippen LogP contribution in [0, 0.1) is 0 Å². The van der Waals surface area contributed by atoms with Gasteiger partial charge in [-0.05, 0) is 53.7 Å². The fraction of sp³-hybridized carbons (Fsp3) is 0.632. The first-order chi connectivity index (χ1) is 11.8. The number of nitrogens with zero attached hydrogens (tertiary/aromatic N) is 1. The second kappa shape index (κ2) is 19.3. The van der Waals surface area contributed by atoms with Crippen molar-refractivity contribution in [3.63, 3.8) is 0 Å². The number of para-hydroxylation sites is 1. The van der Waals surface area contributed by atoms with E-state index >= 15 is 0 Å². The van der Waals surface area contributed by atoms with E-state index in [0.29, 0.717) is 0 Å². The van der Waals surface area contributed by atoms with Gasteiger partial charge in [0.2, 0.25) is 0 Å². The average Bonchev–Trinajstić information content (AvgIpc) is 2.93. The van der Waals surface area contributed by atoms with Crippen LogP contribution in [0.5, 0.6) is 0 Å². The molecule has 1 heterocycles. The zero-order valence-electron chi connectivity index (χ0n) is 18.6. The molecule has 174 valence electrons. The first-order valence-corrected chi connectivity index (χ1v) is 11.9. The zero-order valence-corrected chi connectivity index (χ0v) is 24.4. The highest BCUT2D eigenvalue weighted by molar-refractivity contribution is 7.59. The molecule has 0 unspecified atom stereocenters. The second-order valence-corrected chi connectivity index (χ2v) is 10.2. The van der Waals surface area contributed by atoms with E-state index in [0.717, 1.165) is 18.0 Å². The summed E-state index contributed by atoms with van der Waals surface area (Å²) in [6.45, 7) is 14.3. The molecule has 29 heavy (non-hydrogen) atoms. The molecule has 0 fully saturated rings. The zero-order chi connectivity index (χ0) is 18.9. The Morgan fingerprint density at radius 1 is 0.828 bits per heavy atom. The van der Waals surface area contributed by atoms with Gasteiger partial charge in [0.1, 0.15) is 0 Å². The lowest BCUT2D eigenvalue weighted by atomic mass is 10.3. The van der Waals surface area contributed by atoms with Crippen molar-refractivity contribution in [2.45, 2.75) is 79.2 Å². The lowest BCUT2D eigenvalue weighted by Crippen LogP contribution is -2.50. The average molecular weight is 520 g/mol. The minimum atomic E-state index is -2.48. The van der Waals surface area contributed by atoms with Crippen LogP contribution in [0.1, 0.15) is 54.9 Å². The van der Waals surface area contributed by atoms with Gasteiger partial charge < -0.3 is 13.3 Å². The highest BCUT2D eigenvalue weighted by Crippen LogP contribution is 2.23. The third kappa shape index (κ3) is 15.1. The van der Waals surface area contributed by atoms with Crippen LogP contribution < -0.4 is 0 Å². The molecule has 0 saturated carbocycles. The van der Waals surface area contributed by atoms with Crippen LogP contribution in [0.25, 0.3) is 10.2 Å². The van der Waals surface area contributed by atoms with Crippen molar-refractivity contribution < 1.29 is 13.3 Å². The molecule has 0 amide bonds. The van der Waals surface area contributed by atoms with Gasteiger partial charge in [0.05, 0.1) is 15.7 Å². The van der Waals surface area contributed by atoms with Crippen LogP contribution in [-0.4, -0.2) is 32.1 Å². The van der Waals surface area contributed by atoms with Crippen molar-refractivity contribution in [1.29, 1.82) is 0 Å². The largest absolute Gasteiger partial charge is 0.501 e. The summed E-state index contributed by atoms with van der Waals surface area (Å²) in [7, 11) is -2.48. The fourth-order valence-corrected chi connectivity index (χ4v) is 6.41. The topological polar surface area (TPSA) is 40.6 Å². The van der Waals surface area contributed by atoms with Crippen molar-refractivity contribution in [1.82, 2.24) is 4.98 Å². The third-order valence-electron chi connectivity index (χ3n) is 3.04. The summed E-state index contributed by atoms with van der Waals surface area (Å²) in [4.78, 5) is 4.14. The highest BCUT2D eigenvalue weighted by Gasteiger charge is 2.43. The Labute approximate surface area is 210 Å². The van der Waals surface area contributed by atoms with Crippen LogP contribution >= 0.6 is 65.3 Å². The van der Waals surface area contributed by atoms with Crippen molar-refractivity contribution >= 4 is 84.3 Å². The second-order valence-electron chi connectivity index (χ2n) is 6.75. The third-order valence-corrected chi connectivity index (χ3v) is 7.45. The van der Waals surface area contributed by atoms with Crippen molar-refractivity contribution in [3.8, 4) is 0 Å². The van der Waals surface area contributed by atoms with Crippen molar-refractivity contribution in [3.05, 3.63) is 29.8 Å². The van der Waals surface area contributed by atoms with E-state index in [9.17, 15) is 0 Å². The van der Waals surface area contributed by atoms with E-state index in [1.807, 2.05) is 65.3 Å². The Balaban J connectivity index is -0.000000207. The summed E-state index contributed by atoms with van der Waals surface area (Å²) in [6.07, 6.45) is 1.47. The van der Waals surface area contributed by atoms with Gasteiger partial charge in [-0.3, -0.25) is 0 Å². The molecular weight excluding hydrogens is 479 g/mol. The number of hydrogen-bond donors (Lipinski definition) is 0.